The van der Waals surface area contributed by atoms with Crippen LogP contribution in [0.1, 0.15) is 48.4 Å². The minimum atomic E-state index is 0.238. The van der Waals surface area contributed by atoms with Crippen molar-refractivity contribution in [3.05, 3.63) is 70.8 Å². The quantitative estimate of drug-likeness (QED) is 0.733. The molecule has 0 heterocycles. The summed E-state index contributed by atoms with van der Waals surface area (Å²) in [6, 6.07) is 16.8. The van der Waals surface area contributed by atoms with Crippen molar-refractivity contribution in [2.24, 2.45) is 0 Å². The number of rotatable bonds is 1. The fraction of sp³-hybridized carbons (Fsp3) is 0.316. The summed E-state index contributed by atoms with van der Waals surface area (Å²) < 4.78 is 0. The zero-order chi connectivity index (χ0) is 14.5. The van der Waals surface area contributed by atoms with Gasteiger partial charge in [0.1, 0.15) is 5.78 Å². The number of Topliss-reactive ketones (excluding diaryl/α,β-unsaturated/α-hetero) is 1. The van der Waals surface area contributed by atoms with Gasteiger partial charge < -0.3 is 0 Å². The van der Waals surface area contributed by atoms with Crippen LogP contribution in [0, 0.1) is 6.92 Å². The lowest BCUT2D eigenvalue weighted by atomic mass is 9.78. The molecular weight excluding hydrogens is 244 g/mol. The van der Waals surface area contributed by atoms with Gasteiger partial charge in [-0.1, -0.05) is 67.9 Å². The summed E-state index contributed by atoms with van der Waals surface area (Å²) in [5.41, 5.74) is 5.03. The Morgan fingerprint density at radius 2 is 1.75 bits per heavy atom. The third kappa shape index (κ3) is 2.98. The molecule has 0 aliphatic heterocycles. The van der Waals surface area contributed by atoms with Gasteiger partial charge in [0.15, 0.2) is 0 Å². The number of hydrogen-bond donors (Lipinski definition) is 0. The summed E-state index contributed by atoms with van der Waals surface area (Å²) in [5.74, 6) is 0.586. The molecule has 0 N–H and O–H groups in total. The molecule has 1 unspecified atom stereocenters. The van der Waals surface area contributed by atoms with Crippen LogP contribution in [0.4, 0.5) is 0 Å². The topological polar surface area (TPSA) is 17.1 Å². The van der Waals surface area contributed by atoms with Crippen LogP contribution in [-0.2, 0) is 11.2 Å². The second kappa shape index (κ2) is 6.51. The third-order valence-corrected chi connectivity index (χ3v) is 3.69. The van der Waals surface area contributed by atoms with E-state index in [1.807, 2.05) is 19.9 Å². The summed E-state index contributed by atoms with van der Waals surface area (Å²) in [7, 11) is 0. The SMILES string of the molecule is CC.Cc1cccc(C2CC(=O)Cc3ccccc32)c1. The maximum Gasteiger partial charge on any atom is 0.138 e. The van der Waals surface area contributed by atoms with Crippen LogP contribution in [-0.4, -0.2) is 5.78 Å². The molecular formula is C19H22O. The lowest BCUT2D eigenvalue weighted by molar-refractivity contribution is -0.119. The Bertz CT molecular complexity index is 598. The van der Waals surface area contributed by atoms with E-state index in [2.05, 4.69) is 49.4 Å². The number of hydrogen-bond acceptors (Lipinski definition) is 1. The van der Waals surface area contributed by atoms with Gasteiger partial charge in [-0.15, -0.1) is 0 Å². The standard InChI is InChI=1S/C17H16O.C2H6/c1-12-5-4-7-13(9-12)17-11-15(18)10-14-6-2-3-8-16(14)17;1-2/h2-9,17H,10-11H2,1H3;1-2H3. The molecule has 0 saturated heterocycles. The summed E-state index contributed by atoms with van der Waals surface area (Å²) in [6.07, 6.45) is 1.24. The monoisotopic (exact) mass is 266 g/mol. The highest BCUT2D eigenvalue weighted by Crippen LogP contribution is 2.35. The van der Waals surface area contributed by atoms with Crippen LogP contribution in [0.5, 0.6) is 0 Å². The second-order valence-corrected chi connectivity index (χ2v) is 5.09. The number of benzene rings is 2. The zero-order valence-corrected chi connectivity index (χ0v) is 12.5. The van der Waals surface area contributed by atoms with Gasteiger partial charge >= 0.3 is 0 Å². The molecule has 1 aliphatic rings. The Morgan fingerprint density at radius 3 is 2.50 bits per heavy atom. The molecule has 0 bridgehead atoms. The van der Waals surface area contributed by atoms with Crippen LogP contribution < -0.4 is 0 Å². The minimum absolute atomic E-state index is 0.238. The van der Waals surface area contributed by atoms with Crippen molar-refractivity contribution in [3.8, 4) is 0 Å². The zero-order valence-electron chi connectivity index (χ0n) is 12.5. The predicted molar refractivity (Wildman–Crippen MR) is 84.1 cm³/mol. The predicted octanol–water partition coefficient (Wildman–Crippen LogP) is 4.67. The molecule has 20 heavy (non-hydrogen) atoms. The molecule has 2 aromatic rings. The highest BCUT2D eigenvalue weighted by atomic mass is 16.1. The molecule has 1 atom stereocenters. The van der Waals surface area contributed by atoms with Crippen LogP contribution >= 0.6 is 0 Å². The van der Waals surface area contributed by atoms with Crippen molar-refractivity contribution in [2.75, 3.05) is 0 Å². The Kier molecular flexibility index (Phi) is 4.73. The average Bonchev–Trinajstić information content (AvgIpc) is 2.48. The number of fused-ring (bicyclic) bond motifs is 1. The van der Waals surface area contributed by atoms with Crippen LogP contribution in [0.3, 0.4) is 0 Å². The van der Waals surface area contributed by atoms with Crippen LogP contribution in [0.25, 0.3) is 0 Å². The normalized spacial score (nSPS) is 16.9. The maximum absolute atomic E-state index is 11.9. The van der Waals surface area contributed by atoms with Crippen molar-refractivity contribution >= 4 is 5.78 Å². The van der Waals surface area contributed by atoms with Gasteiger partial charge in [-0.25, -0.2) is 0 Å². The molecule has 2 aromatic carbocycles. The Labute approximate surface area is 121 Å². The number of aryl methyl sites for hydroxylation is 1. The van der Waals surface area contributed by atoms with Crippen LogP contribution in [0.2, 0.25) is 0 Å². The van der Waals surface area contributed by atoms with E-state index in [9.17, 15) is 4.79 Å². The van der Waals surface area contributed by atoms with Gasteiger partial charge in [-0.2, -0.15) is 0 Å². The molecule has 0 spiro atoms. The minimum Gasteiger partial charge on any atom is -0.299 e. The second-order valence-electron chi connectivity index (χ2n) is 5.09. The summed E-state index contributed by atoms with van der Waals surface area (Å²) in [6.45, 7) is 6.10. The van der Waals surface area contributed by atoms with Gasteiger partial charge in [0.2, 0.25) is 0 Å². The largest absolute Gasteiger partial charge is 0.299 e. The van der Waals surface area contributed by atoms with Crippen LogP contribution in [0.15, 0.2) is 48.5 Å². The summed E-state index contributed by atoms with van der Waals surface area (Å²) >= 11 is 0. The molecule has 1 aliphatic carbocycles. The van der Waals surface area contributed by atoms with Crippen molar-refractivity contribution in [1.29, 1.82) is 0 Å². The Morgan fingerprint density at radius 1 is 1.00 bits per heavy atom. The van der Waals surface area contributed by atoms with Crippen molar-refractivity contribution in [2.45, 2.75) is 39.5 Å². The fourth-order valence-corrected chi connectivity index (χ4v) is 2.84. The lowest BCUT2D eigenvalue weighted by Gasteiger charge is -2.25. The number of carbonyl (C=O) groups excluding carboxylic acids is 1. The third-order valence-electron chi connectivity index (χ3n) is 3.69. The highest BCUT2D eigenvalue weighted by Gasteiger charge is 2.25. The highest BCUT2D eigenvalue weighted by molar-refractivity contribution is 5.84. The number of carbonyl (C=O) groups is 1. The molecule has 104 valence electrons. The Hall–Kier alpha value is -1.89. The van der Waals surface area contributed by atoms with Crippen molar-refractivity contribution < 1.29 is 4.79 Å². The van der Waals surface area contributed by atoms with Gasteiger partial charge in [0.05, 0.1) is 0 Å². The van der Waals surface area contributed by atoms with E-state index in [4.69, 9.17) is 0 Å². The molecule has 3 rings (SSSR count). The van der Waals surface area contributed by atoms with Crippen molar-refractivity contribution in [3.63, 3.8) is 0 Å². The maximum atomic E-state index is 11.9. The molecule has 0 fully saturated rings. The number of ketones is 1. The molecule has 0 radical (unpaired) electrons. The first kappa shape index (κ1) is 14.5. The summed E-state index contributed by atoms with van der Waals surface area (Å²) in [4.78, 5) is 11.9. The fourth-order valence-electron chi connectivity index (χ4n) is 2.84. The summed E-state index contributed by atoms with van der Waals surface area (Å²) in [5, 5.41) is 0. The van der Waals surface area contributed by atoms with E-state index in [0.29, 0.717) is 18.6 Å². The van der Waals surface area contributed by atoms with E-state index < -0.39 is 0 Å². The van der Waals surface area contributed by atoms with Crippen molar-refractivity contribution in [1.82, 2.24) is 0 Å². The van der Waals surface area contributed by atoms with E-state index >= 15 is 0 Å². The molecule has 0 aromatic heterocycles. The average molecular weight is 266 g/mol. The molecule has 1 nitrogen and oxygen atoms in total. The molecule has 0 saturated carbocycles. The molecule has 0 amide bonds. The van der Waals surface area contributed by atoms with E-state index in [0.717, 1.165) is 0 Å². The first-order valence-corrected chi connectivity index (χ1v) is 7.40. The van der Waals surface area contributed by atoms with Gasteiger partial charge in [-0.05, 0) is 23.6 Å². The Balaban J connectivity index is 0.000000704. The first-order chi connectivity index (χ1) is 9.74. The van der Waals surface area contributed by atoms with Gasteiger partial charge in [0, 0.05) is 18.8 Å². The van der Waals surface area contributed by atoms with E-state index in [-0.39, 0.29) is 5.92 Å². The first-order valence-electron chi connectivity index (χ1n) is 7.40. The van der Waals surface area contributed by atoms with Gasteiger partial charge in [0.25, 0.3) is 0 Å². The smallest absolute Gasteiger partial charge is 0.138 e. The van der Waals surface area contributed by atoms with E-state index in [1.165, 1.54) is 22.3 Å². The lowest BCUT2D eigenvalue weighted by Crippen LogP contribution is -2.19. The molecule has 1 heteroatoms. The van der Waals surface area contributed by atoms with E-state index in [1.54, 1.807) is 0 Å². The van der Waals surface area contributed by atoms with Gasteiger partial charge in [-0.3, -0.25) is 4.79 Å².